The van der Waals surface area contributed by atoms with Crippen molar-refractivity contribution in [1.29, 1.82) is 0 Å². The second kappa shape index (κ2) is 6.63. The van der Waals surface area contributed by atoms with Crippen LogP contribution >= 0.6 is 22.6 Å². The van der Waals surface area contributed by atoms with Crippen LogP contribution in [0.4, 0.5) is 13.2 Å². The van der Waals surface area contributed by atoms with E-state index in [1.807, 2.05) is 61.5 Å². The van der Waals surface area contributed by atoms with Crippen molar-refractivity contribution in [3.05, 3.63) is 81.1 Å². The zero-order valence-electron chi connectivity index (χ0n) is 12.9. The summed E-state index contributed by atoms with van der Waals surface area (Å²) in [5.41, 5.74) is 2.84. The predicted molar refractivity (Wildman–Crippen MR) is 97.9 cm³/mol. The average molecular weight is 441 g/mol. The molecule has 0 fully saturated rings. The lowest BCUT2D eigenvalue weighted by molar-refractivity contribution is -0.138. The van der Waals surface area contributed by atoms with E-state index < -0.39 is 11.7 Å². The molecule has 3 aromatic rings. The highest BCUT2D eigenvalue weighted by molar-refractivity contribution is 14.1. The smallest absolute Gasteiger partial charge is 0.342 e. The highest BCUT2D eigenvalue weighted by Gasteiger charge is 2.36. The van der Waals surface area contributed by atoms with Crippen molar-refractivity contribution in [2.75, 3.05) is 0 Å². The van der Waals surface area contributed by atoms with Gasteiger partial charge in [-0.3, -0.25) is 0 Å². The van der Waals surface area contributed by atoms with Crippen molar-refractivity contribution in [2.45, 2.75) is 19.6 Å². The van der Waals surface area contributed by atoms with E-state index >= 15 is 0 Å². The van der Waals surface area contributed by atoms with Crippen LogP contribution in [0.25, 0.3) is 11.3 Å². The Morgan fingerprint density at radius 3 is 2.17 bits per heavy atom. The number of halogens is 4. The first kappa shape index (κ1) is 17.1. The van der Waals surface area contributed by atoms with Gasteiger partial charge in [0.25, 0.3) is 0 Å². The number of aromatic nitrogens is 1. The molecule has 24 heavy (non-hydrogen) atoms. The molecule has 1 heterocycles. The molecule has 124 valence electrons. The highest BCUT2D eigenvalue weighted by Crippen LogP contribution is 2.39. The second-order valence-corrected chi connectivity index (χ2v) is 6.76. The molecule has 1 aromatic heterocycles. The monoisotopic (exact) mass is 441 g/mol. The second-order valence-electron chi connectivity index (χ2n) is 5.68. The lowest BCUT2D eigenvalue weighted by atomic mass is 10.1. The minimum Gasteiger partial charge on any atom is -0.342 e. The summed E-state index contributed by atoms with van der Waals surface area (Å²) in [7, 11) is 0. The van der Waals surface area contributed by atoms with E-state index in [4.69, 9.17) is 0 Å². The third-order valence-electron chi connectivity index (χ3n) is 3.84. The molecule has 0 N–H and O–H groups in total. The van der Waals surface area contributed by atoms with Gasteiger partial charge in [0, 0.05) is 12.7 Å². The number of benzene rings is 2. The van der Waals surface area contributed by atoms with Crippen molar-refractivity contribution in [1.82, 2.24) is 4.57 Å². The maximum atomic E-state index is 13.3. The van der Waals surface area contributed by atoms with Crippen molar-refractivity contribution in [3.63, 3.8) is 0 Å². The van der Waals surface area contributed by atoms with Gasteiger partial charge in [-0.15, -0.1) is 0 Å². The Morgan fingerprint density at radius 2 is 1.58 bits per heavy atom. The van der Waals surface area contributed by atoms with Gasteiger partial charge in [-0.25, -0.2) is 0 Å². The Kier molecular flexibility index (Phi) is 4.71. The standard InChI is InChI=1S/C19H15F3IN/c1-13-7-9-15(10-8-13)18-17(23)16(19(20,21)22)12-24(18)11-14-5-3-2-4-6-14/h2-10,12H,11H2,1H3. The van der Waals surface area contributed by atoms with Gasteiger partial charge in [-0.1, -0.05) is 60.2 Å². The molecule has 0 atom stereocenters. The van der Waals surface area contributed by atoms with Gasteiger partial charge in [0.2, 0.25) is 0 Å². The minimum atomic E-state index is -4.36. The molecule has 0 aliphatic heterocycles. The lowest BCUT2D eigenvalue weighted by Gasteiger charge is -2.11. The van der Waals surface area contributed by atoms with Crippen LogP contribution in [-0.2, 0) is 12.7 Å². The summed E-state index contributed by atoms with van der Waals surface area (Å²) in [6.45, 7) is 2.36. The molecule has 0 spiro atoms. The van der Waals surface area contributed by atoms with E-state index in [1.165, 1.54) is 6.20 Å². The van der Waals surface area contributed by atoms with Crippen LogP contribution in [0.15, 0.2) is 60.8 Å². The molecule has 0 aliphatic rings. The topological polar surface area (TPSA) is 4.93 Å². The van der Waals surface area contributed by atoms with Crippen LogP contribution in [0.5, 0.6) is 0 Å². The summed E-state index contributed by atoms with van der Waals surface area (Å²) in [6.07, 6.45) is -3.15. The molecule has 5 heteroatoms. The third kappa shape index (κ3) is 3.50. The van der Waals surface area contributed by atoms with E-state index in [-0.39, 0.29) is 3.57 Å². The van der Waals surface area contributed by atoms with Gasteiger partial charge in [-0.2, -0.15) is 13.2 Å². The molecule has 0 saturated carbocycles. The maximum absolute atomic E-state index is 13.3. The molecule has 0 bridgehead atoms. The molecule has 3 rings (SSSR count). The summed E-state index contributed by atoms with van der Waals surface area (Å²) in [4.78, 5) is 0. The van der Waals surface area contributed by atoms with Crippen LogP contribution in [-0.4, -0.2) is 4.57 Å². The third-order valence-corrected chi connectivity index (χ3v) is 4.93. The Morgan fingerprint density at radius 1 is 0.958 bits per heavy atom. The Balaban J connectivity index is 2.14. The lowest BCUT2D eigenvalue weighted by Crippen LogP contribution is -2.05. The van der Waals surface area contributed by atoms with E-state index in [0.29, 0.717) is 12.2 Å². The molecule has 0 aliphatic carbocycles. The van der Waals surface area contributed by atoms with E-state index in [2.05, 4.69) is 0 Å². The van der Waals surface area contributed by atoms with Crippen molar-refractivity contribution >= 4 is 22.6 Å². The molecule has 2 aromatic carbocycles. The summed E-state index contributed by atoms with van der Waals surface area (Å²) in [6, 6.07) is 17.1. The van der Waals surface area contributed by atoms with E-state index in [1.54, 1.807) is 27.2 Å². The van der Waals surface area contributed by atoms with Gasteiger partial charge in [0.05, 0.1) is 14.8 Å². The predicted octanol–water partition coefficient (Wildman–Crippen LogP) is 6.14. The van der Waals surface area contributed by atoms with Crippen LogP contribution in [0, 0.1) is 10.5 Å². The summed E-state index contributed by atoms with van der Waals surface area (Å²) < 4.78 is 41.9. The minimum absolute atomic E-state index is 0.236. The van der Waals surface area contributed by atoms with Crippen molar-refractivity contribution < 1.29 is 13.2 Å². The van der Waals surface area contributed by atoms with E-state index in [9.17, 15) is 13.2 Å². The zero-order valence-corrected chi connectivity index (χ0v) is 15.1. The molecular weight excluding hydrogens is 426 g/mol. The summed E-state index contributed by atoms with van der Waals surface area (Å²) in [5.74, 6) is 0. The van der Waals surface area contributed by atoms with Gasteiger partial charge in [0.15, 0.2) is 0 Å². The molecular formula is C19H15F3IN. The number of alkyl halides is 3. The number of rotatable bonds is 3. The molecule has 1 nitrogen and oxygen atoms in total. The fraction of sp³-hybridized carbons (Fsp3) is 0.158. The number of hydrogen-bond donors (Lipinski definition) is 0. The first-order valence-electron chi connectivity index (χ1n) is 7.43. The van der Waals surface area contributed by atoms with Crippen LogP contribution in [0.2, 0.25) is 0 Å². The fourth-order valence-corrected chi connectivity index (χ4v) is 3.70. The first-order valence-corrected chi connectivity index (χ1v) is 8.51. The Labute approximate surface area is 152 Å². The van der Waals surface area contributed by atoms with Crippen LogP contribution in [0.3, 0.4) is 0 Å². The van der Waals surface area contributed by atoms with Crippen molar-refractivity contribution in [2.24, 2.45) is 0 Å². The molecule has 0 amide bonds. The Bertz CT molecular complexity index is 834. The van der Waals surface area contributed by atoms with Gasteiger partial charge in [0.1, 0.15) is 0 Å². The number of aryl methyl sites for hydroxylation is 1. The molecule has 0 unspecified atom stereocenters. The van der Waals surface area contributed by atoms with E-state index in [0.717, 1.165) is 16.7 Å². The zero-order chi connectivity index (χ0) is 17.3. The number of nitrogens with zero attached hydrogens (tertiary/aromatic N) is 1. The normalized spacial score (nSPS) is 11.7. The van der Waals surface area contributed by atoms with Gasteiger partial charge >= 0.3 is 6.18 Å². The number of hydrogen-bond acceptors (Lipinski definition) is 0. The van der Waals surface area contributed by atoms with Gasteiger partial charge < -0.3 is 4.57 Å². The SMILES string of the molecule is Cc1ccc(-c2c(I)c(C(F)(F)F)cn2Cc2ccccc2)cc1. The highest BCUT2D eigenvalue weighted by atomic mass is 127. The Hall–Kier alpha value is -1.76. The quantitative estimate of drug-likeness (QED) is 0.431. The largest absolute Gasteiger partial charge is 0.418 e. The van der Waals surface area contributed by atoms with Crippen LogP contribution < -0.4 is 0 Å². The van der Waals surface area contributed by atoms with Gasteiger partial charge in [-0.05, 0) is 40.6 Å². The first-order chi connectivity index (χ1) is 11.4. The van der Waals surface area contributed by atoms with Crippen molar-refractivity contribution in [3.8, 4) is 11.3 Å². The summed E-state index contributed by atoms with van der Waals surface area (Å²) >= 11 is 1.80. The fourth-order valence-electron chi connectivity index (χ4n) is 2.64. The maximum Gasteiger partial charge on any atom is 0.418 e. The molecule has 0 saturated heterocycles. The molecule has 0 radical (unpaired) electrons. The average Bonchev–Trinajstić information content (AvgIpc) is 2.86. The van der Waals surface area contributed by atoms with Crippen LogP contribution in [0.1, 0.15) is 16.7 Å². The summed E-state index contributed by atoms with van der Waals surface area (Å²) in [5, 5.41) is 0.